The van der Waals surface area contributed by atoms with Crippen molar-refractivity contribution >= 4 is 34.8 Å². The number of amides is 4. The van der Waals surface area contributed by atoms with E-state index in [1.54, 1.807) is 14.2 Å². The van der Waals surface area contributed by atoms with Gasteiger partial charge < -0.3 is 58.3 Å². The number of rotatable bonds is 41. The molecule has 6 aromatic carbocycles. The van der Waals surface area contributed by atoms with Crippen molar-refractivity contribution in [1.29, 1.82) is 0 Å². The van der Waals surface area contributed by atoms with Crippen LogP contribution >= 0.6 is 0 Å². The van der Waals surface area contributed by atoms with Gasteiger partial charge in [-0.3, -0.25) is 24.2 Å². The number of carbonyl (C=O) groups is 4. The number of hydrogen-bond donors (Lipinski definition) is 2. The lowest BCUT2D eigenvalue weighted by Gasteiger charge is -2.33. The van der Waals surface area contributed by atoms with E-state index in [1.807, 2.05) is 46.2 Å². The maximum absolute atomic E-state index is 13.2. The van der Waals surface area contributed by atoms with E-state index < -0.39 is 0 Å². The maximum Gasteiger partial charge on any atom is 0.224 e. The number of allylic oxidation sites excluding steroid dienone is 8. The molecule has 4 amide bonds. The predicted molar refractivity (Wildman–Crippen MR) is 544 cm³/mol. The van der Waals surface area contributed by atoms with Crippen LogP contribution in [-0.2, 0) is 73.3 Å². The van der Waals surface area contributed by atoms with E-state index in [1.165, 1.54) is 70.2 Å². The first-order chi connectivity index (χ1) is 66.5. The van der Waals surface area contributed by atoms with E-state index in [4.69, 9.17) is 53.8 Å². The molecule has 0 spiro atoms. The highest BCUT2D eigenvalue weighted by Crippen LogP contribution is 2.52. The summed E-state index contributed by atoms with van der Waals surface area (Å²) in [7, 11) is 3.29. The largest absolute Gasteiger partial charge is 0.496 e. The second kappa shape index (κ2) is 52.2. The number of benzene rings is 6. The van der Waals surface area contributed by atoms with E-state index >= 15 is 0 Å². The zero-order valence-electron chi connectivity index (χ0n) is 83.9. The Hall–Kier alpha value is -10.2. The molecule has 137 heavy (non-hydrogen) atoms. The van der Waals surface area contributed by atoms with Crippen LogP contribution in [-0.4, -0.2) is 180 Å². The van der Waals surface area contributed by atoms with E-state index in [-0.39, 0.29) is 84.8 Å². The van der Waals surface area contributed by atoms with Gasteiger partial charge in [0.15, 0.2) is 0 Å². The van der Waals surface area contributed by atoms with Gasteiger partial charge in [0.1, 0.15) is 23.6 Å². The Labute approximate surface area is 816 Å². The molecule has 0 saturated carbocycles. The first-order valence-electron chi connectivity index (χ1n) is 51.5. The number of azide groups is 1. The third-order valence-electron chi connectivity index (χ3n) is 29.7. The fourth-order valence-corrected chi connectivity index (χ4v) is 21.8. The van der Waals surface area contributed by atoms with Crippen LogP contribution in [0, 0.1) is 47.3 Å². The molecule has 0 aromatic heterocycles. The normalized spacial score (nSPS) is 23.8. The highest BCUT2D eigenvalue weighted by molar-refractivity contribution is 5.84. The van der Waals surface area contributed by atoms with Crippen molar-refractivity contribution in [3.63, 3.8) is 0 Å². The molecule has 6 fully saturated rings. The zero-order chi connectivity index (χ0) is 96.6. The number of fused-ring (bicyclic) bond motifs is 7. The smallest absolute Gasteiger partial charge is 0.224 e. The van der Waals surface area contributed by atoms with Crippen molar-refractivity contribution in [1.82, 2.24) is 25.4 Å². The number of nitrogens with one attached hydrogen (secondary N) is 2. The molecule has 4 unspecified atom stereocenters. The van der Waals surface area contributed by atoms with Crippen LogP contribution in [0.25, 0.3) is 21.6 Å². The van der Waals surface area contributed by atoms with Crippen molar-refractivity contribution in [3.05, 3.63) is 247 Å². The fourth-order valence-electron chi connectivity index (χ4n) is 21.8. The first-order valence-corrected chi connectivity index (χ1v) is 51.5. The summed E-state index contributed by atoms with van der Waals surface area (Å²) in [6.45, 7) is 31.6. The van der Waals surface area contributed by atoms with Gasteiger partial charge in [0.05, 0.1) is 62.7 Å². The van der Waals surface area contributed by atoms with E-state index in [0.717, 1.165) is 169 Å². The standard InChI is InChI=1S/C58H79N5O6.C40H61N5O6.C17H14/c1-7-44-36-45-20-8-9-23-49(45)55-54(50-24-11-10-22-48(44)50)60-61-63(55)31-13-15-34-67-39-43-28-32-62(33-29-43)53(65)27-30-59-52(64)37-46-21-17-25-47(56(46)66-6)41(3)19-16-18-40(2)38-58(5)57(69-58)42(4)51-26-12-14-35-68-51;1-29(27-40(4)39(51-40)31(3)35-16-6-8-25-50-35)12-10-13-30(2)34-15-11-14-33(38(34)48-5)26-36(46)42-21-17-37(47)45-22-18-32(19-23-45)28-49-24-9-7-20-43-44-41;1-13-12-16-8-3-2-6-14(16)10-11-15-7-4-5-9-17(13)15/h8-11,16-25,40,42-44,51,54-55,57H,7,12-15,26-39H2,1-6H3,(H,59,64);10-15,29,31-32,35,39H,6-9,16-28H2,1-5H3,(H,42,46);2-9,13H,12H2,1H3/b18-16+,41-19+;12-10+,30-13+;/t40-,42-,44?,51+,54?,55?,57-,58-;29-,31-,35+,39-,40-;/m11./s1. The average molecular weight is 1870 g/mol. The van der Waals surface area contributed by atoms with Gasteiger partial charge in [-0.15, -0.1) is 0 Å². The number of unbranched alkanes of at least 4 members (excludes halogenated alkanes) is 2. The van der Waals surface area contributed by atoms with E-state index in [0.29, 0.717) is 124 Å². The number of methoxy groups -OCH3 is 2. The summed E-state index contributed by atoms with van der Waals surface area (Å²) in [5.74, 6) is 11.3. The Morgan fingerprint density at radius 1 is 0.577 bits per heavy atom. The molecule has 2 aliphatic carbocycles. The summed E-state index contributed by atoms with van der Waals surface area (Å²) in [6.07, 6.45) is 34.6. The highest BCUT2D eigenvalue weighted by Gasteiger charge is 2.58. The van der Waals surface area contributed by atoms with Gasteiger partial charge in [-0.1, -0.05) is 222 Å². The lowest BCUT2D eigenvalue weighted by Crippen LogP contribution is -2.41. The monoisotopic (exact) mass is 1870 g/mol. The molecule has 2 N–H and O–H groups in total. The second-order valence-corrected chi connectivity index (χ2v) is 40.3. The molecule has 0 bridgehead atoms. The number of ether oxygens (including phenoxy) is 8. The van der Waals surface area contributed by atoms with Crippen molar-refractivity contribution < 1.29 is 57.1 Å². The van der Waals surface area contributed by atoms with Crippen LogP contribution in [0.2, 0.25) is 0 Å². The van der Waals surface area contributed by atoms with Gasteiger partial charge >= 0.3 is 0 Å². The predicted octanol–water partition coefficient (Wildman–Crippen LogP) is 22.5. The molecule has 736 valence electrons. The Bertz CT molecular complexity index is 5210. The van der Waals surface area contributed by atoms with Gasteiger partial charge in [0, 0.05) is 155 Å². The Morgan fingerprint density at radius 3 is 1.57 bits per heavy atom. The number of carbonyl (C=O) groups excluding carboxylic acids is 4. The van der Waals surface area contributed by atoms with Crippen LogP contribution in [0.5, 0.6) is 11.5 Å². The van der Waals surface area contributed by atoms with Crippen LogP contribution < -0.4 is 20.1 Å². The number of likely N-dealkylation sites (tertiary alicyclic amines) is 2. The summed E-state index contributed by atoms with van der Waals surface area (Å²) in [5, 5.41) is 21.3. The summed E-state index contributed by atoms with van der Waals surface area (Å²) >= 11 is 0. The molecule has 22 heteroatoms. The number of piperidine rings is 2. The van der Waals surface area contributed by atoms with Crippen molar-refractivity contribution in [3.8, 4) is 23.3 Å². The second-order valence-electron chi connectivity index (χ2n) is 40.3. The van der Waals surface area contributed by atoms with Gasteiger partial charge in [0.25, 0.3) is 0 Å². The molecular weight excluding hydrogens is 1710 g/mol. The summed E-state index contributed by atoms with van der Waals surface area (Å²) in [6, 6.07) is 46.7. The molecule has 6 saturated heterocycles. The van der Waals surface area contributed by atoms with Crippen molar-refractivity contribution in [2.75, 3.05) is 106 Å². The quantitative estimate of drug-likeness (QED) is 0.00689. The van der Waals surface area contributed by atoms with Gasteiger partial charge in [-0.05, 0) is 247 Å². The fraction of sp³-hybridized carbons (Fsp3) is 0.565. The summed E-state index contributed by atoms with van der Waals surface area (Å²) in [4.78, 5) is 58.6. The maximum atomic E-state index is 13.2. The molecule has 9 aliphatic rings. The zero-order valence-corrected chi connectivity index (χ0v) is 83.9. The van der Waals surface area contributed by atoms with E-state index in [2.05, 4.69) is 240 Å². The minimum absolute atomic E-state index is 0.00569. The SMILES string of the molecule is CC1Cc2ccccc2C#Cc2ccccc21.CCC1Cc2ccccc2C2C(N=NN2CCCCOCC2CCN(C(=O)CCNC(=O)Cc3cccc(/C(C)=C/C=C/[C@@H](C)C[C@@]4(C)O[C@@H]4[C@H](C)[C@@H]4CCCCO4)c3OC)CC2)c2ccccc21.COc1c(CC(=O)NCCC(=O)N2CCC(COCCCCN=[N+]=[N-])CC2)cccc1/C(C)=C/C=C/[C@@H](C)C[C@@]1(C)O[C@@H]1[C@H](C)[C@@H]1CCCCO1. The number of para-hydroxylation sites is 2. The number of epoxide rings is 2. The topological polar surface area (TPSA) is 256 Å². The Kier molecular flexibility index (Phi) is 39.7. The number of nitrogens with zero attached hydrogens (tertiary/aromatic N) is 8. The minimum atomic E-state index is -0.137. The van der Waals surface area contributed by atoms with Crippen molar-refractivity contribution in [2.45, 2.75) is 276 Å². The lowest BCUT2D eigenvalue weighted by atomic mass is 9.77. The summed E-state index contributed by atoms with van der Waals surface area (Å²) < 4.78 is 48.3. The van der Waals surface area contributed by atoms with Crippen LogP contribution in [0.15, 0.2) is 185 Å². The molecule has 15 rings (SSSR count). The molecule has 6 aromatic rings. The first kappa shape index (κ1) is 104. The van der Waals surface area contributed by atoms with Crippen LogP contribution in [0.3, 0.4) is 0 Å². The minimum Gasteiger partial charge on any atom is -0.496 e. The lowest BCUT2D eigenvalue weighted by molar-refractivity contribution is -0.134. The molecule has 0 radical (unpaired) electrons. The Morgan fingerprint density at radius 2 is 1.06 bits per heavy atom. The third kappa shape index (κ3) is 29.5. The number of hydrogen-bond acceptors (Lipinski definition) is 16. The van der Waals surface area contributed by atoms with Crippen molar-refractivity contribution in [2.24, 2.45) is 51.0 Å². The third-order valence-corrected chi connectivity index (χ3v) is 29.7. The molecular formula is C115H154N10O12. The molecule has 14 atom stereocenters. The van der Waals surface area contributed by atoms with Crippen LogP contribution in [0.1, 0.15) is 282 Å². The molecule has 7 heterocycles. The van der Waals surface area contributed by atoms with Gasteiger partial charge in [0.2, 0.25) is 23.6 Å². The van der Waals surface area contributed by atoms with E-state index in [9.17, 15) is 19.2 Å². The molecule has 7 aliphatic heterocycles. The van der Waals surface area contributed by atoms with Crippen LogP contribution in [0.4, 0.5) is 0 Å². The average Bonchev–Trinajstić information content (AvgIpc) is 1.60. The van der Waals surface area contributed by atoms with Gasteiger partial charge in [-0.25, -0.2) is 0 Å². The Balaban J connectivity index is 0.000000203. The van der Waals surface area contributed by atoms with Gasteiger partial charge in [-0.2, -0.15) is 5.11 Å². The highest BCUT2D eigenvalue weighted by atomic mass is 16.6. The molecule has 22 nitrogen and oxygen atoms in total. The summed E-state index contributed by atoms with van der Waals surface area (Å²) in [5.41, 5.74) is 24.4.